The van der Waals surface area contributed by atoms with E-state index in [1.807, 2.05) is 31.2 Å². The van der Waals surface area contributed by atoms with Gasteiger partial charge in [-0.25, -0.2) is 9.97 Å². The Labute approximate surface area is 100 Å². The molecule has 0 spiro atoms. The second-order valence-electron chi connectivity index (χ2n) is 4.35. The van der Waals surface area contributed by atoms with Gasteiger partial charge in [-0.3, -0.25) is 0 Å². The fraction of sp³-hybridized carbons (Fsp3) is 0.385. The molecule has 1 saturated heterocycles. The van der Waals surface area contributed by atoms with Gasteiger partial charge in [0, 0.05) is 6.61 Å². The number of aryl methyl sites for hydroxylation is 1. The predicted octanol–water partition coefficient (Wildman–Crippen LogP) is 2.14. The average molecular weight is 229 g/mol. The Hall–Kier alpha value is -1.68. The first-order chi connectivity index (χ1) is 8.33. The number of rotatable bonds is 2. The molecule has 0 bridgehead atoms. The lowest BCUT2D eigenvalue weighted by Gasteiger charge is -2.13. The van der Waals surface area contributed by atoms with E-state index in [-0.39, 0.29) is 0 Å². The molecule has 0 radical (unpaired) electrons. The number of para-hydroxylation sites is 2. The zero-order chi connectivity index (χ0) is 11.7. The highest BCUT2D eigenvalue weighted by molar-refractivity contribution is 5.76. The van der Waals surface area contributed by atoms with Crippen molar-refractivity contribution >= 4 is 16.9 Å². The Morgan fingerprint density at radius 1 is 1.24 bits per heavy atom. The van der Waals surface area contributed by atoms with E-state index in [2.05, 4.69) is 15.3 Å². The summed E-state index contributed by atoms with van der Waals surface area (Å²) in [5.74, 6) is 0.874. The summed E-state index contributed by atoms with van der Waals surface area (Å²) < 4.78 is 5.35. The van der Waals surface area contributed by atoms with Crippen molar-refractivity contribution < 1.29 is 4.74 Å². The lowest BCUT2D eigenvalue weighted by molar-refractivity contribution is 0.195. The van der Waals surface area contributed by atoms with E-state index in [1.54, 1.807) is 0 Å². The van der Waals surface area contributed by atoms with E-state index < -0.39 is 0 Å². The van der Waals surface area contributed by atoms with Crippen LogP contribution in [-0.4, -0.2) is 29.2 Å². The Morgan fingerprint density at radius 3 is 2.71 bits per heavy atom. The van der Waals surface area contributed by atoms with Gasteiger partial charge < -0.3 is 10.1 Å². The number of nitrogens with zero attached hydrogens (tertiary/aromatic N) is 2. The van der Waals surface area contributed by atoms with Crippen molar-refractivity contribution in [3.63, 3.8) is 0 Å². The molecule has 1 aromatic carbocycles. The Balaban J connectivity index is 1.95. The predicted molar refractivity (Wildman–Crippen MR) is 67.1 cm³/mol. The summed E-state index contributed by atoms with van der Waals surface area (Å²) in [6, 6.07) is 8.29. The van der Waals surface area contributed by atoms with E-state index in [1.165, 1.54) is 0 Å². The fourth-order valence-corrected chi connectivity index (χ4v) is 2.07. The third kappa shape index (κ3) is 2.08. The van der Waals surface area contributed by atoms with Gasteiger partial charge >= 0.3 is 0 Å². The van der Waals surface area contributed by atoms with E-state index in [0.29, 0.717) is 6.04 Å². The smallest absolute Gasteiger partial charge is 0.148 e. The monoisotopic (exact) mass is 229 g/mol. The zero-order valence-electron chi connectivity index (χ0n) is 9.81. The summed E-state index contributed by atoms with van der Waals surface area (Å²) in [5, 5.41) is 3.40. The van der Waals surface area contributed by atoms with Crippen LogP contribution in [0, 0.1) is 6.92 Å². The molecule has 1 unspecified atom stereocenters. The van der Waals surface area contributed by atoms with Crippen LogP contribution in [0.3, 0.4) is 0 Å². The third-order valence-electron chi connectivity index (χ3n) is 3.02. The molecule has 1 aliphatic rings. The van der Waals surface area contributed by atoms with Gasteiger partial charge in [-0.05, 0) is 25.5 Å². The van der Waals surface area contributed by atoms with Crippen LogP contribution in [-0.2, 0) is 4.74 Å². The molecule has 1 atom stereocenters. The highest BCUT2D eigenvalue weighted by Crippen LogP contribution is 2.18. The molecular formula is C13H15N3O. The van der Waals surface area contributed by atoms with Crippen LogP contribution in [0.5, 0.6) is 0 Å². The largest absolute Gasteiger partial charge is 0.379 e. The summed E-state index contributed by atoms with van der Waals surface area (Å²) in [6.07, 6.45) is 1.04. The minimum atomic E-state index is 0.365. The molecule has 3 rings (SSSR count). The van der Waals surface area contributed by atoms with Crippen LogP contribution in [0.15, 0.2) is 24.3 Å². The third-order valence-corrected chi connectivity index (χ3v) is 3.02. The molecule has 1 aromatic heterocycles. The van der Waals surface area contributed by atoms with E-state index in [9.17, 15) is 0 Å². The first-order valence-electron chi connectivity index (χ1n) is 5.90. The van der Waals surface area contributed by atoms with Gasteiger partial charge in [-0.1, -0.05) is 12.1 Å². The van der Waals surface area contributed by atoms with Gasteiger partial charge in [0.25, 0.3) is 0 Å². The molecule has 1 N–H and O–H groups in total. The standard InChI is InChI=1S/C13H15N3O/c1-9-13(15-10-6-7-17-8-10)16-12-5-3-2-4-11(12)14-9/h2-5,10H,6-8H2,1H3,(H,15,16). The number of benzene rings is 1. The van der Waals surface area contributed by atoms with E-state index in [0.717, 1.165) is 42.2 Å². The molecule has 1 fully saturated rings. The molecule has 0 saturated carbocycles. The Morgan fingerprint density at radius 2 is 2.00 bits per heavy atom. The second kappa shape index (κ2) is 4.30. The molecule has 1 aliphatic heterocycles. The maximum absolute atomic E-state index is 5.35. The molecule has 4 heteroatoms. The topological polar surface area (TPSA) is 47.0 Å². The Kier molecular flexibility index (Phi) is 2.65. The molecular weight excluding hydrogens is 214 g/mol. The van der Waals surface area contributed by atoms with Crippen LogP contribution in [0.2, 0.25) is 0 Å². The molecule has 17 heavy (non-hydrogen) atoms. The van der Waals surface area contributed by atoms with Gasteiger partial charge in [0.05, 0.1) is 29.4 Å². The van der Waals surface area contributed by atoms with Crippen LogP contribution in [0.25, 0.3) is 11.0 Å². The summed E-state index contributed by atoms with van der Waals surface area (Å²) in [6.45, 7) is 3.57. The highest BCUT2D eigenvalue weighted by Gasteiger charge is 2.17. The molecule has 0 aliphatic carbocycles. The van der Waals surface area contributed by atoms with Gasteiger partial charge in [-0.2, -0.15) is 0 Å². The maximum atomic E-state index is 5.35. The number of fused-ring (bicyclic) bond motifs is 1. The number of hydrogen-bond acceptors (Lipinski definition) is 4. The van der Waals surface area contributed by atoms with Crippen LogP contribution >= 0.6 is 0 Å². The summed E-state index contributed by atoms with van der Waals surface area (Å²) in [4.78, 5) is 9.16. The molecule has 2 heterocycles. The zero-order valence-corrected chi connectivity index (χ0v) is 9.81. The van der Waals surface area contributed by atoms with Gasteiger partial charge in [0.15, 0.2) is 0 Å². The van der Waals surface area contributed by atoms with Crippen molar-refractivity contribution in [3.05, 3.63) is 30.0 Å². The number of nitrogens with one attached hydrogen (secondary N) is 1. The quantitative estimate of drug-likeness (QED) is 0.857. The number of anilines is 1. The fourth-order valence-electron chi connectivity index (χ4n) is 2.07. The number of hydrogen-bond donors (Lipinski definition) is 1. The van der Waals surface area contributed by atoms with E-state index in [4.69, 9.17) is 4.74 Å². The summed E-state index contributed by atoms with van der Waals surface area (Å²) >= 11 is 0. The lowest BCUT2D eigenvalue weighted by atomic mass is 10.2. The van der Waals surface area contributed by atoms with Crippen molar-refractivity contribution in [1.82, 2.24) is 9.97 Å². The van der Waals surface area contributed by atoms with Gasteiger partial charge in [0.1, 0.15) is 5.82 Å². The van der Waals surface area contributed by atoms with Gasteiger partial charge in [-0.15, -0.1) is 0 Å². The number of ether oxygens (including phenoxy) is 1. The second-order valence-corrected chi connectivity index (χ2v) is 4.35. The van der Waals surface area contributed by atoms with Crippen LogP contribution < -0.4 is 5.32 Å². The van der Waals surface area contributed by atoms with Crippen LogP contribution in [0.4, 0.5) is 5.82 Å². The van der Waals surface area contributed by atoms with Crippen molar-refractivity contribution in [3.8, 4) is 0 Å². The molecule has 2 aromatic rings. The highest BCUT2D eigenvalue weighted by atomic mass is 16.5. The first-order valence-corrected chi connectivity index (χ1v) is 5.90. The summed E-state index contributed by atoms with van der Waals surface area (Å²) in [5.41, 5.74) is 2.81. The maximum Gasteiger partial charge on any atom is 0.148 e. The Bertz CT molecular complexity index is 535. The SMILES string of the molecule is Cc1nc2ccccc2nc1NC1CCOC1. The molecule has 88 valence electrons. The van der Waals surface area contributed by atoms with Crippen molar-refractivity contribution in [2.75, 3.05) is 18.5 Å². The normalized spacial score (nSPS) is 19.7. The molecule has 0 amide bonds. The van der Waals surface area contributed by atoms with Crippen molar-refractivity contribution in [1.29, 1.82) is 0 Å². The lowest BCUT2D eigenvalue weighted by Crippen LogP contribution is -2.20. The van der Waals surface area contributed by atoms with Gasteiger partial charge in [0.2, 0.25) is 0 Å². The number of aromatic nitrogens is 2. The van der Waals surface area contributed by atoms with Crippen molar-refractivity contribution in [2.45, 2.75) is 19.4 Å². The minimum Gasteiger partial charge on any atom is -0.379 e. The van der Waals surface area contributed by atoms with Crippen LogP contribution in [0.1, 0.15) is 12.1 Å². The first kappa shape index (κ1) is 10.5. The van der Waals surface area contributed by atoms with E-state index >= 15 is 0 Å². The molecule has 4 nitrogen and oxygen atoms in total. The summed E-state index contributed by atoms with van der Waals surface area (Å²) in [7, 11) is 0. The average Bonchev–Trinajstić information content (AvgIpc) is 2.83. The minimum absolute atomic E-state index is 0.365. The van der Waals surface area contributed by atoms with Crippen molar-refractivity contribution in [2.24, 2.45) is 0 Å².